The average Bonchev–Trinajstić information content (AvgIpc) is 2.22. The lowest BCUT2D eigenvalue weighted by molar-refractivity contribution is -0.353. The highest BCUT2D eigenvalue weighted by atomic mass is 19.4. The highest BCUT2D eigenvalue weighted by Gasteiger charge is 2.73. The monoisotopic (exact) mass is 218 g/mol. The Labute approximate surface area is 78.2 Å². The van der Waals surface area contributed by atoms with E-state index in [1.807, 2.05) is 0 Å². The van der Waals surface area contributed by atoms with Crippen LogP contribution in [0, 0.1) is 0 Å². The molecule has 0 aromatic rings. The molecule has 1 aliphatic rings. The first kappa shape index (κ1) is 11.7. The van der Waals surface area contributed by atoms with Gasteiger partial charge in [-0.1, -0.05) is 6.92 Å². The van der Waals surface area contributed by atoms with Gasteiger partial charge < -0.3 is 4.74 Å². The lowest BCUT2D eigenvalue weighted by Gasteiger charge is -2.30. The van der Waals surface area contributed by atoms with Crippen LogP contribution in [0.25, 0.3) is 0 Å². The predicted octanol–water partition coefficient (Wildman–Crippen LogP) is 3.14. The molecule has 0 aromatic carbocycles. The lowest BCUT2D eigenvalue weighted by Crippen LogP contribution is -2.53. The minimum absolute atomic E-state index is 0.154. The number of alkyl halides is 5. The summed E-state index contributed by atoms with van der Waals surface area (Å²) >= 11 is 0. The molecule has 0 spiro atoms. The van der Waals surface area contributed by atoms with Gasteiger partial charge >= 0.3 is 12.0 Å². The zero-order chi connectivity index (χ0) is 11.2. The Hall–Kier alpha value is -0.390. The van der Waals surface area contributed by atoms with Crippen LogP contribution in [0.2, 0.25) is 0 Å². The van der Waals surface area contributed by atoms with Crippen molar-refractivity contribution in [2.45, 2.75) is 50.5 Å². The molecule has 0 N–H and O–H groups in total. The molecule has 3 unspecified atom stereocenters. The van der Waals surface area contributed by atoms with Crippen molar-refractivity contribution >= 4 is 0 Å². The van der Waals surface area contributed by atoms with E-state index < -0.39 is 30.2 Å². The Balaban J connectivity index is 2.99. The standard InChI is InChI=1S/C8H11F5O/c1-3-5-4-6(2,9)7(10,14-5)8(11,12)13/h5H,3-4H2,1-2H3. The van der Waals surface area contributed by atoms with Crippen molar-refractivity contribution in [1.29, 1.82) is 0 Å². The van der Waals surface area contributed by atoms with Crippen LogP contribution < -0.4 is 0 Å². The van der Waals surface area contributed by atoms with Crippen LogP contribution in [0.3, 0.4) is 0 Å². The summed E-state index contributed by atoms with van der Waals surface area (Å²) in [7, 11) is 0. The van der Waals surface area contributed by atoms with Crippen LogP contribution in [-0.2, 0) is 4.74 Å². The van der Waals surface area contributed by atoms with Gasteiger partial charge in [0.25, 0.3) is 0 Å². The fourth-order valence-corrected chi connectivity index (χ4v) is 1.54. The smallest absolute Gasteiger partial charge is 0.333 e. The van der Waals surface area contributed by atoms with Gasteiger partial charge in [0.1, 0.15) is 0 Å². The third-order valence-corrected chi connectivity index (χ3v) is 2.43. The summed E-state index contributed by atoms with van der Waals surface area (Å²) in [4.78, 5) is 0. The van der Waals surface area contributed by atoms with Crippen LogP contribution in [0.4, 0.5) is 22.0 Å². The first-order valence-electron chi connectivity index (χ1n) is 4.26. The summed E-state index contributed by atoms with van der Waals surface area (Å²) < 4.78 is 67.4. The van der Waals surface area contributed by atoms with Gasteiger partial charge in [0.15, 0.2) is 5.67 Å². The molecule has 0 amide bonds. The summed E-state index contributed by atoms with van der Waals surface area (Å²) in [5.41, 5.74) is -3.01. The molecule has 0 bridgehead atoms. The third kappa shape index (κ3) is 1.49. The Kier molecular flexibility index (Phi) is 2.54. The minimum atomic E-state index is -5.33. The molecule has 3 atom stereocenters. The number of ether oxygens (including phenoxy) is 1. The molecule has 0 saturated carbocycles. The zero-order valence-electron chi connectivity index (χ0n) is 7.79. The first-order chi connectivity index (χ1) is 6.14. The highest BCUT2D eigenvalue weighted by molar-refractivity contribution is 5.03. The molecule has 1 fully saturated rings. The maximum Gasteiger partial charge on any atom is 0.451 e. The van der Waals surface area contributed by atoms with Crippen LogP contribution in [0.15, 0.2) is 0 Å². The summed E-state index contributed by atoms with van der Waals surface area (Å²) in [5, 5.41) is 0. The van der Waals surface area contributed by atoms with Gasteiger partial charge in [-0.25, -0.2) is 4.39 Å². The topological polar surface area (TPSA) is 9.23 Å². The second-order valence-electron chi connectivity index (χ2n) is 3.64. The number of hydrogen-bond donors (Lipinski definition) is 0. The van der Waals surface area contributed by atoms with Gasteiger partial charge in [-0.2, -0.15) is 17.6 Å². The van der Waals surface area contributed by atoms with Crippen LogP contribution in [0.5, 0.6) is 0 Å². The quantitative estimate of drug-likeness (QED) is 0.614. The number of hydrogen-bond acceptors (Lipinski definition) is 1. The number of rotatable bonds is 1. The van der Waals surface area contributed by atoms with E-state index in [1.54, 1.807) is 0 Å². The van der Waals surface area contributed by atoms with Crippen LogP contribution in [0.1, 0.15) is 26.7 Å². The fourth-order valence-electron chi connectivity index (χ4n) is 1.54. The average molecular weight is 218 g/mol. The van der Waals surface area contributed by atoms with Crippen LogP contribution >= 0.6 is 0 Å². The van der Waals surface area contributed by atoms with Crippen molar-refractivity contribution in [3.05, 3.63) is 0 Å². The molecule has 14 heavy (non-hydrogen) atoms. The molecule has 0 radical (unpaired) electrons. The summed E-state index contributed by atoms with van der Waals surface area (Å²) in [6.45, 7) is 2.10. The second-order valence-corrected chi connectivity index (χ2v) is 3.64. The fraction of sp³-hybridized carbons (Fsp3) is 1.00. The van der Waals surface area contributed by atoms with E-state index in [1.165, 1.54) is 6.92 Å². The van der Waals surface area contributed by atoms with E-state index in [0.717, 1.165) is 0 Å². The summed E-state index contributed by atoms with van der Waals surface area (Å²) in [6, 6.07) is 0. The molecule has 1 rings (SSSR count). The Bertz CT molecular complexity index is 224. The van der Waals surface area contributed by atoms with Crippen molar-refractivity contribution in [1.82, 2.24) is 0 Å². The Morgan fingerprint density at radius 2 is 1.86 bits per heavy atom. The molecule has 1 nitrogen and oxygen atoms in total. The van der Waals surface area contributed by atoms with Crippen molar-refractivity contribution < 1.29 is 26.7 Å². The molecule has 1 aliphatic heterocycles. The Morgan fingerprint density at radius 3 is 2.07 bits per heavy atom. The summed E-state index contributed by atoms with van der Waals surface area (Å²) in [5.74, 6) is -4.17. The van der Waals surface area contributed by atoms with Gasteiger partial charge in [-0.3, -0.25) is 0 Å². The molecular weight excluding hydrogens is 207 g/mol. The second kappa shape index (κ2) is 3.05. The maximum atomic E-state index is 13.4. The van der Waals surface area contributed by atoms with Gasteiger partial charge in [0, 0.05) is 6.42 Å². The van der Waals surface area contributed by atoms with Gasteiger partial charge in [-0.05, 0) is 13.3 Å². The SMILES string of the molecule is CCC1CC(C)(F)C(F)(C(F)(F)F)O1. The number of halogens is 5. The van der Waals surface area contributed by atoms with Crippen molar-refractivity contribution in [3.8, 4) is 0 Å². The maximum absolute atomic E-state index is 13.4. The predicted molar refractivity (Wildman–Crippen MR) is 39.2 cm³/mol. The molecule has 0 aromatic heterocycles. The van der Waals surface area contributed by atoms with Crippen LogP contribution in [-0.4, -0.2) is 23.8 Å². The Morgan fingerprint density at radius 1 is 1.36 bits per heavy atom. The normalized spacial score (nSPS) is 44.4. The largest absolute Gasteiger partial charge is 0.451 e. The lowest BCUT2D eigenvalue weighted by atomic mass is 9.95. The minimum Gasteiger partial charge on any atom is -0.333 e. The van der Waals surface area contributed by atoms with E-state index >= 15 is 0 Å². The summed E-state index contributed by atoms with van der Waals surface area (Å²) in [6.07, 6.45) is -6.77. The van der Waals surface area contributed by atoms with Gasteiger partial charge in [0.05, 0.1) is 6.10 Å². The highest BCUT2D eigenvalue weighted by Crippen LogP contribution is 2.52. The molecule has 0 aliphatic carbocycles. The molecule has 1 saturated heterocycles. The van der Waals surface area contributed by atoms with Gasteiger partial charge in [-0.15, -0.1) is 0 Å². The van der Waals surface area contributed by atoms with E-state index in [-0.39, 0.29) is 6.42 Å². The van der Waals surface area contributed by atoms with Crippen molar-refractivity contribution in [2.24, 2.45) is 0 Å². The molecule has 1 heterocycles. The van der Waals surface area contributed by atoms with Crippen molar-refractivity contribution in [2.75, 3.05) is 0 Å². The van der Waals surface area contributed by atoms with E-state index in [4.69, 9.17) is 0 Å². The first-order valence-corrected chi connectivity index (χ1v) is 4.26. The van der Waals surface area contributed by atoms with E-state index in [2.05, 4.69) is 4.74 Å². The molecule has 84 valence electrons. The zero-order valence-corrected chi connectivity index (χ0v) is 7.79. The van der Waals surface area contributed by atoms with E-state index in [0.29, 0.717) is 6.92 Å². The molecular formula is C8H11F5O. The van der Waals surface area contributed by atoms with E-state index in [9.17, 15) is 22.0 Å². The van der Waals surface area contributed by atoms with Crippen molar-refractivity contribution in [3.63, 3.8) is 0 Å². The van der Waals surface area contributed by atoms with Gasteiger partial charge in [0.2, 0.25) is 0 Å². The third-order valence-electron chi connectivity index (χ3n) is 2.43. The molecule has 6 heteroatoms.